The zero-order chi connectivity index (χ0) is 12.3. The summed E-state index contributed by atoms with van der Waals surface area (Å²) in [5.41, 5.74) is 11.2. The van der Waals surface area contributed by atoms with Crippen LogP contribution >= 0.6 is 0 Å². The summed E-state index contributed by atoms with van der Waals surface area (Å²) in [5.74, 6) is -0.0807. The number of rotatable bonds is 3. The summed E-state index contributed by atoms with van der Waals surface area (Å²) in [6.07, 6.45) is 3.96. The van der Waals surface area contributed by atoms with Gasteiger partial charge in [-0.1, -0.05) is 6.07 Å². The Labute approximate surface area is 100 Å². The maximum absolute atomic E-state index is 11.0. The highest BCUT2D eigenvalue weighted by Crippen LogP contribution is 2.21. The molecule has 0 bridgehead atoms. The molecule has 2 rings (SSSR count). The van der Waals surface area contributed by atoms with Gasteiger partial charge in [0.2, 0.25) is 5.88 Å². The van der Waals surface area contributed by atoms with Gasteiger partial charge in [0.15, 0.2) is 0 Å². The summed E-state index contributed by atoms with van der Waals surface area (Å²) < 4.78 is 5.72. The smallest absolute Gasteiger partial charge is 0.267 e. The Hall–Kier alpha value is -1.62. The van der Waals surface area contributed by atoms with E-state index in [2.05, 4.69) is 4.98 Å². The van der Waals surface area contributed by atoms with Crippen molar-refractivity contribution in [3.63, 3.8) is 0 Å². The molecule has 92 valence electrons. The number of pyridine rings is 1. The van der Waals surface area contributed by atoms with Crippen molar-refractivity contribution in [1.82, 2.24) is 4.98 Å². The van der Waals surface area contributed by atoms with Gasteiger partial charge in [0.05, 0.1) is 0 Å². The number of carbonyl (C=O) groups excluding carboxylic acids is 1. The first-order valence-corrected chi connectivity index (χ1v) is 5.84. The minimum atomic E-state index is -0.541. The fraction of sp³-hybridized carbons (Fsp3) is 0.500. The van der Waals surface area contributed by atoms with Crippen molar-refractivity contribution >= 4 is 5.91 Å². The van der Waals surface area contributed by atoms with Crippen LogP contribution in [0, 0.1) is 0 Å². The maximum Gasteiger partial charge on any atom is 0.267 e. The van der Waals surface area contributed by atoms with Gasteiger partial charge in [-0.3, -0.25) is 4.79 Å². The molecule has 1 heterocycles. The van der Waals surface area contributed by atoms with Crippen molar-refractivity contribution in [2.24, 2.45) is 11.5 Å². The van der Waals surface area contributed by atoms with Crippen LogP contribution in [0.5, 0.6) is 5.88 Å². The van der Waals surface area contributed by atoms with E-state index in [0.29, 0.717) is 11.9 Å². The topological polar surface area (TPSA) is 91.2 Å². The first-order valence-electron chi connectivity index (χ1n) is 5.84. The molecule has 0 saturated heterocycles. The van der Waals surface area contributed by atoms with Crippen molar-refractivity contribution in [3.8, 4) is 5.88 Å². The molecule has 17 heavy (non-hydrogen) atoms. The third-order valence-corrected chi connectivity index (χ3v) is 2.98. The van der Waals surface area contributed by atoms with Gasteiger partial charge >= 0.3 is 0 Å². The maximum atomic E-state index is 11.0. The quantitative estimate of drug-likeness (QED) is 0.811. The van der Waals surface area contributed by atoms with Crippen LogP contribution in [0.1, 0.15) is 36.2 Å². The Bertz CT molecular complexity index is 400. The third kappa shape index (κ3) is 3.17. The minimum Gasteiger partial charge on any atom is -0.474 e. The highest BCUT2D eigenvalue weighted by molar-refractivity contribution is 5.90. The highest BCUT2D eigenvalue weighted by atomic mass is 16.5. The molecule has 1 saturated carbocycles. The predicted molar refractivity (Wildman–Crippen MR) is 63.6 cm³/mol. The van der Waals surface area contributed by atoms with Gasteiger partial charge in [-0.2, -0.15) is 0 Å². The van der Waals surface area contributed by atoms with Gasteiger partial charge in [-0.25, -0.2) is 4.98 Å². The lowest BCUT2D eigenvalue weighted by atomic mass is 9.94. The molecule has 1 aliphatic rings. The lowest BCUT2D eigenvalue weighted by Gasteiger charge is -2.26. The molecule has 0 radical (unpaired) electrons. The number of hydrogen-bond donors (Lipinski definition) is 2. The zero-order valence-electron chi connectivity index (χ0n) is 9.63. The molecule has 5 heteroatoms. The second kappa shape index (κ2) is 5.14. The molecule has 1 aromatic heterocycles. The summed E-state index contributed by atoms with van der Waals surface area (Å²) in [4.78, 5) is 15.0. The monoisotopic (exact) mass is 235 g/mol. The van der Waals surface area contributed by atoms with Crippen molar-refractivity contribution in [1.29, 1.82) is 0 Å². The number of primary amides is 1. The predicted octanol–water partition coefficient (Wildman–Crippen LogP) is 0.829. The molecule has 5 nitrogen and oxygen atoms in total. The Morgan fingerprint density at radius 1 is 1.29 bits per heavy atom. The number of aromatic nitrogens is 1. The lowest BCUT2D eigenvalue weighted by molar-refractivity contribution is 0.0991. The molecule has 0 spiro atoms. The van der Waals surface area contributed by atoms with Crippen molar-refractivity contribution in [2.75, 3.05) is 0 Å². The molecule has 0 atom stereocenters. The normalized spacial score (nSPS) is 24.3. The Morgan fingerprint density at radius 3 is 2.65 bits per heavy atom. The van der Waals surface area contributed by atoms with Crippen molar-refractivity contribution < 1.29 is 9.53 Å². The van der Waals surface area contributed by atoms with E-state index in [-0.39, 0.29) is 11.8 Å². The third-order valence-electron chi connectivity index (χ3n) is 2.98. The SMILES string of the molecule is NC(=O)c1cccc(OC2CCC(N)CC2)n1. The van der Waals surface area contributed by atoms with Crippen LogP contribution in [0.25, 0.3) is 0 Å². The van der Waals surface area contributed by atoms with Gasteiger partial charge in [0, 0.05) is 12.1 Å². The molecule has 1 fully saturated rings. The van der Waals surface area contributed by atoms with E-state index in [0.717, 1.165) is 25.7 Å². The lowest BCUT2D eigenvalue weighted by Crippen LogP contribution is -2.31. The number of carbonyl (C=O) groups is 1. The van der Waals surface area contributed by atoms with E-state index in [1.54, 1.807) is 18.2 Å². The summed E-state index contributed by atoms with van der Waals surface area (Å²) in [6, 6.07) is 5.32. The average molecular weight is 235 g/mol. The number of nitrogens with zero attached hydrogens (tertiary/aromatic N) is 1. The van der Waals surface area contributed by atoms with E-state index in [1.807, 2.05) is 0 Å². The van der Waals surface area contributed by atoms with Gasteiger partial charge in [-0.05, 0) is 31.7 Å². The second-order valence-corrected chi connectivity index (χ2v) is 4.38. The summed E-state index contributed by atoms with van der Waals surface area (Å²) in [6.45, 7) is 0. The van der Waals surface area contributed by atoms with Gasteiger partial charge < -0.3 is 16.2 Å². The van der Waals surface area contributed by atoms with E-state index >= 15 is 0 Å². The van der Waals surface area contributed by atoms with Gasteiger partial charge in [-0.15, -0.1) is 0 Å². The van der Waals surface area contributed by atoms with E-state index < -0.39 is 5.91 Å². The van der Waals surface area contributed by atoms with E-state index in [1.165, 1.54) is 0 Å². The first kappa shape index (κ1) is 11.9. The number of ether oxygens (including phenoxy) is 1. The molecule has 0 aromatic carbocycles. The van der Waals surface area contributed by atoms with E-state index in [9.17, 15) is 4.79 Å². The zero-order valence-corrected chi connectivity index (χ0v) is 9.63. The Kier molecular flexibility index (Phi) is 3.58. The number of hydrogen-bond acceptors (Lipinski definition) is 4. The van der Waals surface area contributed by atoms with Crippen molar-refractivity contribution in [3.05, 3.63) is 23.9 Å². The van der Waals surface area contributed by atoms with Crippen LogP contribution in [-0.2, 0) is 0 Å². The second-order valence-electron chi connectivity index (χ2n) is 4.38. The molecule has 1 aromatic rings. The molecule has 1 amide bonds. The first-order chi connectivity index (χ1) is 8.15. The van der Waals surface area contributed by atoms with Crippen LogP contribution < -0.4 is 16.2 Å². The molecular weight excluding hydrogens is 218 g/mol. The average Bonchev–Trinajstić information content (AvgIpc) is 2.32. The fourth-order valence-corrected chi connectivity index (χ4v) is 1.99. The van der Waals surface area contributed by atoms with Gasteiger partial charge in [0.1, 0.15) is 11.8 Å². The minimum absolute atomic E-state index is 0.144. The summed E-state index contributed by atoms with van der Waals surface area (Å²) in [7, 11) is 0. The summed E-state index contributed by atoms with van der Waals surface area (Å²) >= 11 is 0. The van der Waals surface area contributed by atoms with Gasteiger partial charge in [0.25, 0.3) is 5.91 Å². The van der Waals surface area contributed by atoms with Crippen LogP contribution in [-0.4, -0.2) is 23.0 Å². The number of nitrogens with two attached hydrogens (primary N) is 2. The standard InChI is InChI=1S/C12H17N3O2/c13-8-4-6-9(7-5-8)17-11-3-1-2-10(15-11)12(14)16/h1-3,8-9H,4-7,13H2,(H2,14,16). The van der Waals surface area contributed by atoms with Crippen LogP contribution in [0.3, 0.4) is 0 Å². The van der Waals surface area contributed by atoms with Crippen LogP contribution in [0.4, 0.5) is 0 Å². The van der Waals surface area contributed by atoms with E-state index in [4.69, 9.17) is 16.2 Å². The number of amides is 1. The van der Waals surface area contributed by atoms with Crippen LogP contribution in [0.15, 0.2) is 18.2 Å². The fourth-order valence-electron chi connectivity index (χ4n) is 1.99. The molecule has 0 unspecified atom stereocenters. The summed E-state index contributed by atoms with van der Waals surface area (Å²) in [5, 5.41) is 0. The highest BCUT2D eigenvalue weighted by Gasteiger charge is 2.20. The van der Waals surface area contributed by atoms with Crippen LogP contribution in [0.2, 0.25) is 0 Å². The Balaban J connectivity index is 1.98. The molecule has 0 aliphatic heterocycles. The molecular formula is C12H17N3O2. The van der Waals surface area contributed by atoms with Crippen molar-refractivity contribution in [2.45, 2.75) is 37.8 Å². The largest absolute Gasteiger partial charge is 0.474 e. The molecule has 4 N–H and O–H groups in total. The molecule has 1 aliphatic carbocycles. The Morgan fingerprint density at radius 2 is 2.00 bits per heavy atom.